The van der Waals surface area contributed by atoms with Crippen LogP contribution in [0.3, 0.4) is 0 Å². The minimum absolute atomic E-state index is 0.0542. The summed E-state index contributed by atoms with van der Waals surface area (Å²) in [5, 5.41) is 17.2. The Kier molecular flexibility index (Phi) is 8.14. The number of imidazole rings is 1. The number of nitrogens with one attached hydrogen (secondary N) is 2. The molecule has 4 heterocycles. The molecule has 0 bridgehead atoms. The minimum atomic E-state index is -1.32. The predicted octanol–water partition coefficient (Wildman–Crippen LogP) is 3.65. The van der Waals surface area contributed by atoms with Crippen molar-refractivity contribution in [2.75, 3.05) is 51.7 Å². The van der Waals surface area contributed by atoms with E-state index in [1.165, 1.54) is 13.2 Å². The number of piperidine rings is 1. The number of nitrogens with zero attached hydrogens (tertiary/aromatic N) is 5. The van der Waals surface area contributed by atoms with Crippen LogP contribution in [0.25, 0.3) is 16.9 Å². The van der Waals surface area contributed by atoms with Gasteiger partial charge in [-0.2, -0.15) is 0 Å². The first-order valence-corrected chi connectivity index (χ1v) is 14.8. The molecule has 13 heteroatoms. The lowest BCUT2D eigenvalue weighted by molar-refractivity contribution is -0.155. The maximum atomic E-state index is 14.6. The van der Waals surface area contributed by atoms with Crippen molar-refractivity contribution in [1.82, 2.24) is 29.5 Å². The second kappa shape index (κ2) is 12.0. The molecule has 0 radical (unpaired) electrons. The zero-order valence-corrected chi connectivity index (χ0v) is 25.2. The zero-order valence-electron chi connectivity index (χ0n) is 24.4. The Morgan fingerprint density at radius 2 is 1.82 bits per heavy atom. The van der Waals surface area contributed by atoms with Crippen LogP contribution in [0.15, 0.2) is 48.9 Å². The molecule has 44 heavy (non-hydrogen) atoms. The summed E-state index contributed by atoms with van der Waals surface area (Å²) in [7, 11) is 1.38. The zero-order chi connectivity index (χ0) is 31.0. The largest absolute Gasteiger partial charge is 0.494 e. The highest BCUT2D eigenvalue weighted by Crippen LogP contribution is 2.36. The quantitative estimate of drug-likeness (QED) is 0.298. The van der Waals surface area contributed by atoms with Crippen LogP contribution in [-0.2, 0) is 4.79 Å². The van der Waals surface area contributed by atoms with E-state index in [1.54, 1.807) is 51.0 Å². The van der Waals surface area contributed by atoms with E-state index < -0.39 is 11.4 Å². The molecule has 2 saturated heterocycles. The average Bonchev–Trinajstić information content (AvgIpc) is 3.47. The highest BCUT2D eigenvalue weighted by molar-refractivity contribution is 6.33. The Labute approximate surface area is 258 Å². The number of hydrogen-bond acceptors (Lipinski definition) is 8. The molecule has 0 aliphatic carbocycles. The Balaban J connectivity index is 1.15. The number of amides is 2. The van der Waals surface area contributed by atoms with Crippen LogP contribution >= 0.6 is 11.6 Å². The van der Waals surface area contributed by atoms with E-state index in [-0.39, 0.29) is 22.6 Å². The molecular weight excluding hydrogens is 589 g/mol. The van der Waals surface area contributed by atoms with Crippen LogP contribution in [0.4, 0.5) is 15.9 Å². The lowest BCUT2D eigenvalue weighted by Crippen LogP contribution is -2.59. The fourth-order valence-electron chi connectivity index (χ4n) is 5.84. The molecule has 2 aromatic heterocycles. The van der Waals surface area contributed by atoms with Gasteiger partial charge in [-0.1, -0.05) is 11.6 Å². The molecule has 2 fully saturated rings. The first kappa shape index (κ1) is 29.8. The summed E-state index contributed by atoms with van der Waals surface area (Å²) in [6.07, 6.45) is 5.71. The maximum Gasteiger partial charge on any atom is 0.254 e. The molecule has 0 unspecified atom stereocenters. The summed E-state index contributed by atoms with van der Waals surface area (Å²) in [5.41, 5.74) is 2.28. The van der Waals surface area contributed by atoms with Gasteiger partial charge in [0.15, 0.2) is 23.0 Å². The highest BCUT2D eigenvalue weighted by Gasteiger charge is 2.41. The third-order valence-electron chi connectivity index (χ3n) is 8.37. The maximum absolute atomic E-state index is 14.6. The summed E-state index contributed by atoms with van der Waals surface area (Å²) in [5.74, 6) is -0.476. The molecule has 6 rings (SSSR count). The number of halogens is 2. The molecular formula is C31H33ClFN7O4. The number of aromatic nitrogens is 3. The van der Waals surface area contributed by atoms with E-state index in [0.717, 1.165) is 5.56 Å². The van der Waals surface area contributed by atoms with E-state index in [1.807, 2.05) is 13.0 Å². The summed E-state index contributed by atoms with van der Waals surface area (Å²) in [4.78, 5) is 38.7. The van der Waals surface area contributed by atoms with Crippen LogP contribution in [0.5, 0.6) is 5.75 Å². The molecule has 0 saturated carbocycles. The van der Waals surface area contributed by atoms with Gasteiger partial charge >= 0.3 is 0 Å². The molecule has 0 spiro atoms. The van der Waals surface area contributed by atoms with E-state index in [2.05, 4.69) is 20.6 Å². The van der Waals surface area contributed by atoms with Crippen LogP contribution in [0.2, 0.25) is 5.02 Å². The van der Waals surface area contributed by atoms with Gasteiger partial charge in [-0.05, 0) is 68.8 Å². The summed E-state index contributed by atoms with van der Waals surface area (Å²) in [6.45, 7) is 4.65. The van der Waals surface area contributed by atoms with Crippen molar-refractivity contribution in [3.63, 3.8) is 0 Å². The number of hydrogen-bond donors (Lipinski definition) is 3. The van der Waals surface area contributed by atoms with Gasteiger partial charge in [0.05, 0.1) is 24.0 Å². The van der Waals surface area contributed by atoms with Crippen molar-refractivity contribution in [3.05, 3.63) is 70.9 Å². The van der Waals surface area contributed by atoms with E-state index >= 15 is 0 Å². The Hall–Kier alpha value is -4.26. The highest BCUT2D eigenvalue weighted by atomic mass is 35.5. The fraction of sp³-hybridized carbons (Fsp3) is 0.355. The predicted molar refractivity (Wildman–Crippen MR) is 164 cm³/mol. The number of fused-ring (bicyclic) bond motifs is 1. The number of carbonyl (C=O) groups excluding carboxylic acids is 2. The number of anilines is 2. The van der Waals surface area contributed by atoms with Crippen LogP contribution in [0, 0.1) is 12.7 Å². The van der Waals surface area contributed by atoms with E-state index in [9.17, 15) is 19.1 Å². The second-order valence-electron chi connectivity index (χ2n) is 11.1. The fourth-order valence-corrected chi connectivity index (χ4v) is 6.10. The second-order valence-corrected chi connectivity index (χ2v) is 11.5. The molecule has 2 aromatic carbocycles. The Morgan fingerprint density at radius 1 is 1.09 bits per heavy atom. The van der Waals surface area contributed by atoms with E-state index in [4.69, 9.17) is 16.3 Å². The third-order valence-corrected chi connectivity index (χ3v) is 8.74. The van der Waals surface area contributed by atoms with E-state index in [0.29, 0.717) is 86.1 Å². The van der Waals surface area contributed by atoms with Gasteiger partial charge in [-0.3, -0.25) is 14.0 Å². The molecule has 230 valence electrons. The smallest absolute Gasteiger partial charge is 0.254 e. The van der Waals surface area contributed by atoms with Gasteiger partial charge in [0.1, 0.15) is 5.60 Å². The molecule has 11 nitrogen and oxygen atoms in total. The Morgan fingerprint density at radius 3 is 2.52 bits per heavy atom. The number of piperazine rings is 1. The van der Waals surface area contributed by atoms with Crippen LogP contribution < -0.4 is 15.4 Å². The number of rotatable bonds is 6. The van der Waals surface area contributed by atoms with Crippen molar-refractivity contribution in [1.29, 1.82) is 0 Å². The average molecular weight is 622 g/mol. The van der Waals surface area contributed by atoms with Crippen molar-refractivity contribution < 1.29 is 23.8 Å². The van der Waals surface area contributed by atoms with Crippen molar-refractivity contribution in [2.45, 2.75) is 25.4 Å². The normalized spacial score (nSPS) is 16.7. The molecule has 2 aliphatic rings. The number of ether oxygens (including phenoxy) is 1. The van der Waals surface area contributed by atoms with Crippen molar-refractivity contribution >= 4 is 40.6 Å². The molecule has 2 amide bonds. The van der Waals surface area contributed by atoms with Crippen LogP contribution in [0.1, 0.15) is 28.8 Å². The molecule has 4 aromatic rings. The number of aryl methyl sites for hydroxylation is 1. The minimum Gasteiger partial charge on any atom is -0.494 e. The first-order valence-electron chi connectivity index (χ1n) is 14.4. The standard InChI is InChI=1S/C31H33ClFN7O4/c1-19-17-20(3-4-21(19)29(41)38-13-15-39(16-14-38)30(42)31(43)7-9-34-10-8-31)37-27-28-36-18-23(40(28)12-11-35-27)22-5-6-24(44-2)26(33)25(22)32/h3-6,11-12,17-18,34,43H,7-10,13-16H2,1-2H3,(H,35,37). The van der Waals surface area contributed by atoms with Gasteiger partial charge in [0.2, 0.25) is 0 Å². The molecule has 3 N–H and O–H groups in total. The number of methoxy groups -OCH3 is 1. The topological polar surface area (TPSA) is 124 Å². The van der Waals surface area contributed by atoms with Crippen LogP contribution in [-0.4, -0.2) is 93.1 Å². The monoisotopic (exact) mass is 621 g/mol. The van der Waals surface area contributed by atoms with Gasteiger partial charge < -0.3 is 30.3 Å². The van der Waals surface area contributed by atoms with Gasteiger partial charge in [0.25, 0.3) is 11.8 Å². The van der Waals surface area contributed by atoms with Crippen molar-refractivity contribution in [3.8, 4) is 17.0 Å². The summed E-state index contributed by atoms with van der Waals surface area (Å²) in [6, 6.07) is 8.63. The third kappa shape index (κ3) is 5.44. The number of carbonyl (C=O) groups is 2. The lowest BCUT2D eigenvalue weighted by atomic mass is 9.90. The molecule has 2 aliphatic heterocycles. The Bertz CT molecular complexity index is 1730. The number of aliphatic hydroxyl groups is 1. The lowest BCUT2D eigenvalue weighted by Gasteiger charge is -2.40. The molecule has 0 atom stereocenters. The first-order chi connectivity index (χ1) is 21.2. The van der Waals surface area contributed by atoms with Gasteiger partial charge in [0, 0.05) is 55.4 Å². The van der Waals surface area contributed by atoms with Gasteiger partial charge in [-0.15, -0.1) is 0 Å². The summed E-state index contributed by atoms with van der Waals surface area (Å²) >= 11 is 6.32. The SMILES string of the molecule is COc1ccc(-c2cnc3c(Nc4ccc(C(=O)N5CCN(C(=O)C6(O)CCNCC6)CC5)c(C)c4)nccn23)c(Cl)c1F. The number of benzene rings is 2. The summed E-state index contributed by atoms with van der Waals surface area (Å²) < 4.78 is 21.4. The van der Waals surface area contributed by atoms with Crippen molar-refractivity contribution in [2.24, 2.45) is 0 Å². The van der Waals surface area contributed by atoms with Gasteiger partial charge in [-0.25, -0.2) is 14.4 Å².